The molecule has 2 heteroatoms. The molecule has 0 aliphatic carbocycles. The molecule has 0 bridgehead atoms. The summed E-state index contributed by atoms with van der Waals surface area (Å²) in [5, 5.41) is 4.95. The summed E-state index contributed by atoms with van der Waals surface area (Å²) in [5.41, 5.74) is 21.5. The van der Waals surface area contributed by atoms with Gasteiger partial charge in [-0.1, -0.05) is 200 Å². The molecule has 2 nitrogen and oxygen atoms in total. The molecular formula is C64H42N2. The van der Waals surface area contributed by atoms with Gasteiger partial charge in [-0.05, 0) is 116 Å². The number of aromatic nitrogens is 1. The van der Waals surface area contributed by atoms with Crippen LogP contribution >= 0.6 is 0 Å². The lowest BCUT2D eigenvalue weighted by Crippen LogP contribution is -2.17. The van der Waals surface area contributed by atoms with Crippen molar-refractivity contribution in [1.29, 1.82) is 0 Å². The van der Waals surface area contributed by atoms with Crippen molar-refractivity contribution in [3.63, 3.8) is 0 Å². The smallest absolute Gasteiger partial charge is 0.0625 e. The third-order valence-corrected chi connectivity index (χ3v) is 13.5. The molecule has 0 radical (unpaired) electrons. The first kappa shape index (κ1) is 37.8. The van der Waals surface area contributed by atoms with Crippen LogP contribution in [0, 0.1) is 0 Å². The van der Waals surface area contributed by atoms with E-state index in [9.17, 15) is 0 Å². The highest BCUT2D eigenvalue weighted by Gasteiger charge is 2.32. The van der Waals surface area contributed by atoms with Gasteiger partial charge in [0.15, 0.2) is 0 Å². The van der Waals surface area contributed by atoms with Gasteiger partial charge in [0, 0.05) is 38.7 Å². The Morgan fingerprint density at radius 3 is 1.42 bits per heavy atom. The summed E-state index contributed by atoms with van der Waals surface area (Å²) in [6.07, 6.45) is 0. The third-order valence-electron chi connectivity index (χ3n) is 13.5. The number of rotatable bonds is 7. The Balaban J connectivity index is 1.08. The Bertz CT molecular complexity index is 3780. The zero-order valence-electron chi connectivity index (χ0n) is 36.1. The summed E-state index contributed by atoms with van der Waals surface area (Å²) in [7, 11) is 0. The Morgan fingerprint density at radius 2 is 0.758 bits per heavy atom. The highest BCUT2D eigenvalue weighted by Crippen LogP contribution is 2.58. The molecule has 2 heterocycles. The topological polar surface area (TPSA) is 8.17 Å². The maximum Gasteiger partial charge on any atom is 0.0625 e. The number of hydrogen-bond donors (Lipinski definition) is 0. The molecule has 12 aromatic rings. The first-order chi connectivity index (χ1) is 32.8. The molecule has 66 heavy (non-hydrogen) atoms. The molecule has 1 aliphatic rings. The Hall–Kier alpha value is -8.72. The normalized spacial score (nSPS) is 11.9. The summed E-state index contributed by atoms with van der Waals surface area (Å²) in [5.74, 6) is 0. The van der Waals surface area contributed by atoms with E-state index in [4.69, 9.17) is 0 Å². The van der Waals surface area contributed by atoms with Crippen LogP contribution in [0.15, 0.2) is 255 Å². The molecule has 0 saturated carbocycles. The van der Waals surface area contributed by atoms with Crippen molar-refractivity contribution >= 4 is 49.6 Å². The van der Waals surface area contributed by atoms with Crippen LogP contribution in [0.1, 0.15) is 0 Å². The standard InChI is InChI=1S/C64H42N2/c1-6-19-43(20-7-1)46-33-39-59-57(41-46)58-42-47(34-40-60(58)65(59)48-25-12-4-13-26-48)51-35-37-55-56-38-36-52(45-23-10-3-11-24-45)63(54-30-17-16-29-50(54)44-21-8-2-9-22-44)64(56)66(49-27-14-5-15-28-49)61-32-18-31-53(51)62(55)61/h1-42H. The summed E-state index contributed by atoms with van der Waals surface area (Å²) >= 11 is 0. The van der Waals surface area contributed by atoms with Gasteiger partial charge in [-0.25, -0.2) is 0 Å². The molecule has 11 aromatic carbocycles. The molecule has 0 fully saturated rings. The average Bonchev–Trinajstić information content (AvgIpc) is 3.73. The first-order valence-corrected chi connectivity index (χ1v) is 22.8. The zero-order chi connectivity index (χ0) is 43.6. The molecule has 1 aromatic heterocycles. The van der Waals surface area contributed by atoms with E-state index in [1.165, 1.54) is 111 Å². The fourth-order valence-electron chi connectivity index (χ4n) is 10.6. The van der Waals surface area contributed by atoms with Crippen LogP contribution in [0.5, 0.6) is 0 Å². The van der Waals surface area contributed by atoms with Crippen molar-refractivity contribution in [2.75, 3.05) is 4.90 Å². The molecule has 0 spiro atoms. The first-order valence-electron chi connectivity index (χ1n) is 22.8. The summed E-state index contributed by atoms with van der Waals surface area (Å²) in [6, 6.07) is 93.3. The van der Waals surface area contributed by atoms with Crippen LogP contribution in [-0.2, 0) is 0 Å². The minimum atomic E-state index is 1.12. The number of anilines is 3. The second-order valence-corrected chi connectivity index (χ2v) is 17.2. The van der Waals surface area contributed by atoms with Gasteiger partial charge in [-0.3, -0.25) is 0 Å². The highest BCUT2D eigenvalue weighted by molar-refractivity contribution is 6.21. The van der Waals surface area contributed by atoms with Gasteiger partial charge < -0.3 is 9.47 Å². The van der Waals surface area contributed by atoms with E-state index in [1.807, 2.05) is 0 Å². The number of hydrogen-bond acceptors (Lipinski definition) is 1. The SMILES string of the molecule is c1ccc(-c2ccc3c(c2)c2cc(-c4ccc5c6c(cccc46)N(c4ccccc4)c4c-5ccc(-c5ccccc5)c4-c4ccccc4-c4ccccc4)ccc2n3-c2ccccc2)cc1. The van der Waals surface area contributed by atoms with Crippen molar-refractivity contribution in [3.05, 3.63) is 255 Å². The predicted octanol–water partition coefficient (Wildman–Crippen LogP) is 17.7. The van der Waals surface area contributed by atoms with Crippen LogP contribution in [0.3, 0.4) is 0 Å². The van der Waals surface area contributed by atoms with Crippen molar-refractivity contribution in [1.82, 2.24) is 4.57 Å². The lowest BCUT2D eigenvalue weighted by atomic mass is 9.81. The van der Waals surface area contributed by atoms with Gasteiger partial charge in [0.05, 0.1) is 22.4 Å². The van der Waals surface area contributed by atoms with Gasteiger partial charge in [0.25, 0.3) is 0 Å². The monoisotopic (exact) mass is 838 g/mol. The molecule has 13 rings (SSSR count). The summed E-state index contributed by atoms with van der Waals surface area (Å²) in [6.45, 7) is 0. The van der Waals surface area contributed by atoms with E-state index in [-0.39, 0.29) is 0 Å². The number of fused-ring (bicyclic) bond motifs is 5. The molecule has 0 saturated heterocycles. The van der Waals surface area contributed by atoms with Gasteiger partial charge >= 0.3 is 0 Å². The number of nitrogens with zero attached hydrogens (tertiary/aromatic N) is 2. The van der Waals surface area contributed by atoms with Crippen molar-refractivity contribution < 1.29 is 0 Å². The maximum atomic E-state index is 2.53. The quantitative estimate of drug-likeness (QED) is 0.155. The number of para-hydroxylation sites is 2. The van der Waals surface area contributed by atoms with Gasteiger partial charge in [0.1, 0.15) is 0 Å². The lowest BCUT2D eigenvalue weighted by Gasteiger charge is -2.37. The van der Waals surface area contributed by atoms with Crippen LogP contribution in [0.25, 0.3) is 105 Å². The third kappa shape index (κ3) is 6.04. The largest absolute Gasteiger partial charge is 0.309 e. The fraction of sp³-hybridized carbons (Fsp3) is 0. The Labute approximate surface area is 384 Å². The minimum absolute atomic E-state index is 1.12. The van der Waals surface area contributed by atoms with Crippen LogP contribution in [0.4, 0.5) is 17.1 Å². The minimum Gasteiger partial charge on any atom is -0.309 e. The molecule has 1 aliphatic heterocycles. The highest BCUT2D eigenvalue weighted by atomic mass is 15.2. The zero-order valence-corrected chi connectivity index (χ0v) is 36.1. The van der Waals surface area contributed by atoms with E-state index >= 15 is 0 Å². The molecule has 308 valence electrons. The van der Waals surface area contributed by atoms with Crippen molar-refractivity contribution in [2.24, 2.45) is 0 Å². The van der Waals surface area contributed by atoms with Gasteiger partial charge in [0.2, 0.25) is 0 Å². The predicted molar refractivity (Wildman–Crippen MR) is 279 cm³/mol. The van der Waals surface area contributed by atoms with E-state index in [2.05, 4.69) is 264 Å². The molecule has 0 N–H and O–H groups in total. The molecule has 0 unspecified atom stereocenters. The fourth-order valence-corrected chi connectivity index (χ4v) is 10.6. The van der Waals surface area contributed by atoms with Crippen LogP contribution in [0.2, 0.25) is 0 Å². The van der Waals surface area contributed by atoms with Crippen LogP contribution in [-0.4, -0.2) is 4.57 Å². The van der Waals surface area contributed by atoms with E-state index in [1.54, 1.807) is 0 Å². The van der Waals surface area contributed by atoms with E-state index < -0.39 is 0 Å². The van der Waals surface area contributed by atoms with Gasteiger partial charge in [-0.15, -0.1) is 0 Å². The van der Waals surface area contributed by atoms with E-state index in [0.717, 1.165) is 11.4 Å². The Morgan fingerprint density at radius 1 is 0.258 bits per heavy atom. The molecular weight excluding hydrogens is 797 g/mol. The van der Waals surface area contributed by atoms with Crippen molar-refractivity contribution in [3.8, 4) is 72.4 Å². The maximum absolute atomic E-state index is 2.53. The Kier molecular flexibility index (Phi) is 8.89. The van der Waals surface area contributed by atoms with E-state index in [0.29, 0.717) is 0 Å². The molecule has 0 amide bonds. The van der Waals surface area contributed by atoms with Crippen LogP contribution < -0.4 is 4.90 Å². The lowest BCUT2D eigenvalue weighted by molar-refractivity contribution is 1.18. The summed E-state index contributed by atoms with van der Waals surface area (Å²) in [4.78, 5) is 2.53. The average molecular weight is 839 g/mol. The second-order valence-electron chi connectivity index (χ2n) is 17.2. The second kappa shape index (κ2) is 15.5. The number of benzene rings is 11. The van der Waals surface area contributed by atoms with Gasteiger partial charge in [-0.2, -0.15) is 0 Å². The molecule has 0 atom stereocenters. The van der Waals surface area contributed by atoms with Crippen molar-refractivity contribution in [2.45, 2.75) is 0 Å². The summed E-state index contributed by atoms with van der Waals surface area (Å²) < 4.78 is 2.41.